The second-order valence-corrected chi connectivity index (χ2v) is 20.3. The Morgan fingerprint density at radius 3 is 1.53 bits per heavy atom. The van der Waals surface area contributed by atoms with Crippen LogP contribution in [0, 0.1) is 0 Å². The highest BCUT2D eigenvalue weighted by atomic mass is 28.4. The first kappa shape index (κ1) is 38.9. The first-order valence-corrected chi connectivity index (χ1v) is 21.9. The van der Waals surface area contributed by atoms with E-state index in [9.17, 15) is 4.79 Å². The summed E-state index contributed by atoms with van der Waals surface area (Å²) >= 11 is 0. The number of benzene rings is 6. The zero-order chi connectivity index (χ0) is 40.2. The molecule has 1 aliphatic rings. The van der Waals surface area contributed by atoms with Gasteiger partial charge in [-0.05, 0) is 37.7 Å². The largest absolute Gasteiger partial charge is 0.405 e. The summed E-state index contributed by atoms with van der Waals surface area (Å²) in [7, 11) is -2.96. The molecule has 0 bridgehead atoms. The molecule has 2 N–H and O–H groups in total. The third-order valence-electron chi connectivity index (χ3n) is 11.5. The van der Waals surface area contributed by atoms with Gasteiger partial charge in [0.2, 0.25) is 0 Å². The van der Waals surface area contributed by atoms with Crippen molar-refractivity contribution in [3.63, 3.8) is 0 Å². The molecular formula is C50H50N4O3Si. The van der Waals surface area contributed by atoms with E-state index in [0.717, 1.165) is 22.3 Å². The van der Waals surface area contributed by atoms with Gasteiger partial charge in [0.05, 0.1) is 18.2 Å². The van der Waals surface area contributed by atoms with Crippen molar-refractivity contribution in [3.8, 4) is 11.1 Å². The van der Waals surface area contributed by atoms with Gasteiger partial charge >= 0.3 is 5.69 Å². The number of nitrogens with two attached hydrogens (primary N) is 1. The van der Waals surface area contributed by atoms with Crippen molar-refractivity contribution in [2.24, 2.45) is 0 Å². The van der Waals surface area contributed by atoms with Crippen LogP contribution in [0.25, 0.3) is 11.1 Å². The molecule has 0 amide bonds. The van der Waals surface area contributed by atoms with E-state index in [2.05, 4.69) is 182 Å². The molecule has 2 heterocycles. The maximum Gasteiger partial charge on any atom is 0.351 e. The van der Waals surface area contributed by atoms with Crippen LogP contribution >= 0.6 is 0 Å². The molecule has 292 valence electrons. The Labute approximate surface area is 342 Å². The van der Waals surface area contributed by atoms with E-state index in [1.807, 2.05) is 36.5 Å². The summed E-state index contributed by atoms with van der Waals surface area (Å²) in [6.07, 6.45) is 0.615. The average molecular weight is 783 g/mol. The lowest BCUT2D eigenvalue weighted by molar-refractivity contribution is -0.149. The maximum atomic E-state index is 14.1. The van der Waals surface area contributed by atoms with Crippen molar-refractivity contribution >= 4 is 24.5 Å². The van der Waals surface area contributed by atoms with E-state index in [0.29, 0.717) is 18.7 Å². The molecule has 0 aliphatic carbocycles. The lowest BCUT2D eigenvalue weighted by Gasteiger charge is -2.51. The predicted molar refractivity (Wildman–Crippen MR) is 237 cm³/mol. The van der Waals surface area contributed by atoms with Gasteiger partial charge in [0, 0.05) is 24.8 Å². The molecule has 0 spiro atoms. The summed E-state index contributed by atoms with van der Waals surface area (Å²) in [4.78, 5) is 20.9. The zero-order valence-electron chi connectivity index (χ0n) is 33.3. The number of rotatable bonds is 11. The Hall–Kier alpha value is -5.90. The number of hydrogen-bond donors (Lipinski definition) is 1. The van der Waals surface area contributed by atoms with Gasteiger partial charge in [-0.15, -0.1) is 0 Å². The van der Waals surface area contributed by atoms with Crippen molar-refractivity contribution in [1.82, 2.24) is 14.5 Å². The van der Waals surface area contributed by atoms with Crippen LogP contribution in [0.2, 0.25) is 5.04 Å². The van der Waals surface area contributed by atoms with E-state index in [4.69, 9.17) is 14.9 Å². The highest BCUT2D eigenvalue weighted by Crippen LogP contribution is 2.45. The molecule has 1 aromatic heterocycles. The zero-order valence-corrected chi connectivity index (χ0v) is 34.3. The quantitative estimate of drug-likeness (QED) is 0.105. The summed E-state index contributed by atoms with van der Waals surface area (Å²) in [6, 6.07) is 63.1. The Bertz CT molecular complexity index is 2330. The van der Waals surface area contributed by atoms with E-state index in [-0.39, 0.29) is 17.5 Å². The minimum absolute atomic E-state index is 0.180. The van der Waals surface area contributed by atoms with Gasteiger partial charge in [0.25, 0.3) is 8.32 Å². The lowest BCUT2D eigenvalue weighted by Crippen LogP contribution is -2.67. The minimum atomic E-state index is -2.96. The first-order chi connectivity index (χ1) is 28.2. The fourth-order valence-electron chi connectivity index (χ4n) is 8.93. The van der Waals surface area contributed by atoms with E-state index in [1.165, 1.54) is 10.4 Å². The Morgan fingerprint density at radius 2 is 1.09 bits per heavy atom. The Morgan fingerprint density at radius 1 is 0.655 bits per heavy atom. The van der Waals surface area contributed by atoms with Crippen molar-refractivity contribution in [1.29, 1.82) is 0 Å². The van der Waals surface area contributed by atoms with Gasteiger partial charge in [0.1, 0.15) is 5.82 Å². The molecular weight excluding hydrogens is 733 g/mol. The van der Waals surface area contributed by atoms with Gasteiger partial charge in [0.15, 0.2) is 6.23 Å². The predicted octanol–water partition coefficient (Wildman–Crippen LogP) is 8.26. The number of hydrogen-bond acceptors (Lipinski definition) is 6. The van der Waals surface area contributed by atoms with Crippen LogP contribution in [0.4, 0.5) is 5.82 Å². The van der Waals surface area contributed by atoms with Crippen molar-refractivity contribution < 1.29 is 9.16 Å². The third-order valence-corrected chi connectivity index (χ3v) is 16.5. The number of morpholine rings is 1. The first-order valence-electron chi connectivity index (χ1n) is 20.0. The summed E-state index contributed by atoms with van der Waals surface area (Å²) in [6.45, 7) is 8.02. The van der Waals surface area contributed by atoms with Crippen LogP contribution in [0.1, 0.15) is 43.7 Å². The second kappa shape index (κ2) is 16.5. The van der Waals surface area contributed by atoms with Crippen molar-refractivity contribution in [3.05, 3.63) is 215 Å². The molecule has 6 aromatic carbocycles. The monoisotopic (exact) mass is 782 g/mol. The fraction of sp³-hybridized carbons (Fsp3) is 0.200. The van der Waals surface area contributed by atoms with Crippen LogP contribution < -0.4 is 21.8 Å². The van der Waals surface area contributed by atoms with Crippen LogP contribution in [0.5, 0.6) is 0 Å². The van der Waals surface area contributed by atoms with Crippen molar-refractivity contribution in [2.75, 3.05) is 25.4 Å². The van der Waals surface area contributed by atoms with Crippen molar-refractivity contribution in [2.45, 2.75) is 43.7 Å². The van der Waals surface area contributed by atoms with Crippen LogP contribution in [-0.4, -0.2) is 48.6 Å². The molecule has 0 saturated carbocycles. The van der Waals surface area contributed by atoms with Gasteiger partial charge in [-0.2, -0.15) is 4.98 Å². The summed E-state index contributed by atoms with van der Waals surface area (Å²) in [5, 5.41) is 2.14. The summed E-state index contributed by atoms with van der Waals surface area (Å²) in [5.41, 5.74) is 10.1. The SMILES string of the molecule is CC(C)(C)[Si](OC[C@@H]1CN(C(c2ccccc2)(c2ccccc2)c2ccccc2)C[C@H](n2cc(-c3ccccc3)c(N)nc2=O)O1)(c1ccccc1)c1ccccc1. The number of anilines is 1. The van der Waals surface area contributed by atoms with Crippen LogP contribution in [0.3, 0.4) is 0 Å². The smallest absolute Gasteiger partial charge is 0.351 e. The number of ether oxygens (including phenoxy) is 1. The molecule has 1 fully saturated rings. The molecule has 0 radical (unpaired) electrons. The van der Waals surface area contributed by atoms with Gasteiger partial charge in [-0.1, -0.05) is 203 Å². The molecule has 58 heavy (non-hydrogen) atoms. The molecule has 7 nitrogen and oxygen atoms in total. The van der Waals surface area contributed by atoms with Gasteiger partial charge in [-0.3, -0.25) is 9.47 Å². The van der Waals surface area contributed by atoms with Crippen LogP contribution in [-0.2, 0) is 14.7 Å². The Kier molecular flexibility index (Phi) is 11.1. The van der Waals surface area contributed by atoms with Crippen LogP contribution in [0.15, 0.2) is 193 Å². The third kappa shape index (κ3) is 7.25. The molecule has 2 atom stereocenters. The molecule has 1 aliphatic heterocycles. The van der Waals surface area contributed by atoms with E-state index < -0.39 is 31.9 Å². The number of nitrogens with zero attached hydrogens (tertiary/aromatic N) is 3. The minimum Gasteiger partial charge on any atom is -0.405 e. The molecule has 8 rings (SSSR count). The molecule has 8 heteroatoms. The second-order valence-electron chi connectivity index (χ2n) is 16.0. The molecule has 7 aromatic rings. The Balaban J connectivity index is 1.31. The topological polar surface area (TPSA) is 82.6 Å². The molecule has 1 saturated heterocycles. The highest BCUT2D eigenvalue weighted by Gasteiger charge is 2.52. The normalized spacial score (nSPS) is 16.5. The fourth-order valence-corrected chi connectivity index (χ4v) is 13.5. The van der Waals surface area contributed by atoms with E-state index >= 15 is 0 Å². The summed E-state index contributed by atoms with van der Waals surface area (Å²) < 4.78 is 16.3. The molecule has 0 unspecified atom stereocenters. The number of nitrogen functional groups attached to an aromatic ring is 1. The summed E-state index contributed by atoms with van der Waals surface area (Å²) in [5.74, 6) is 0.180. The van der Waals surface area contributed by atoms with Gasteiger partial charge in [-0.25, -0.2) is 4.79 Å². The van der Waals surface area contributed by atoms with Gasteiger partial charge < -0.3 is 14.9 Å². The highest BCUT2D eigenvalue weighted by molar-refractivity contribution is 6.99. The standard InChI is InChI=1S/C50H50N4O3Si/c1-49(2,3)58(43-30-18-8-19-31-43,44-32-20-9-21-33-44)56-37-42-34-53(36-46(57-42)54-35-45(47(51)52-48(54)55)38-22-10-4-11-23-38)50(39-24-12-5-13-25-39,40-26-14-6-15-27-40)41-28-16-7-17-29-41/h4-33,35,42,46H,34,36-37H2,1-3H3,(H2,51,52,55)/t42-,46+/m0/s1. The number of aromatic nitrogens is 2. The average Bonchev–Trinajstić information content (AvgIpc) is 3.26. The lowest BCUT2D eigenvalue weighted by atomic mass is 9.75. The maximum absolute atomic E-state index is 14.1. The van der Waals surface area contributed by atoms with E-state index in [1.54, 1.807) is 4.57 Å².